The number of pyridine rings is 1. The Kier molecular flexibility index (Phi) is 4.56. The Labute approximate surface area is 94.9 Å². The number of alkyl halides is 1. The molecule has 0 bridgehead atoms. The van der Waals surface area contributed by atoms with Crippen molar-refractivity contribution in [3.63, 3.8) is 0 Å². The molecule has 3 nitrogen and oxygen atoms in total. The first-order chi connectivity index (χ1) is 7.15. The molecule has 0 aliphatic rings. The maximum Gasteiger partial charge on any atom is 0.253 e. The van der Waals surface area contributed by atoms with Gasteiger partial charge in [-0.3, -0.25) is 9.78 Å². The molecule has 1 aromatic rings. The topological polar surface area (TPSA) is 42.0 Å². The first-order valence-electron chi connectivity index (χ1n) is 4.99. The van der Waals surface area contributed by atoms with Gasteiger partial charge < -0.3 is 5.32 Å². The number of hydrogen-bond donors (Lipinski definition) is 1. The van der Waals surface area contributed by atoms with Gasteiger partial charge in [0.1, 0.15) is 0 Å². The minimum atomic E-state index is -0.111. The van der Waals surface area contributed by atoms with Crippen LogP contribution < -0.4 is 5.32 Å². The van der Waals surface area contributed by atoms with Crippen molar-refractivity contribution in [1.29, 1.82) is 0 Å². The molecule has 0 aromatic carbocycles. The van der Waals surface area contributed by atoms with Crippen LogP contribution in [0.3, 0.4) is 0 Å². The highest BCUT2D eigenvalue weighted by atomic mass is 35.5. The summed E-state index contributed by atoms with van der Waals surface area (Å²) in [4.78, 5) is 15.7. The molecule has 82 valence electrons. The fourth-order valence-electron chi connectivity index (χ4n) is 1.17. The molecule has 1 atom stereocenters. The number of aromatic nitrogens is 1. The van der Waals surface area contributed by atoms with Crippen LogP contribution in [0, 0.1) is 6.92 Å². The molecule has 1 N–H and O–H groups in total. The van der Waals surface area contributed by atoms with Gasteiger partial charge in [0.05, 0.1) is 10.9 Å². The molecular formula is C11H15ClN2O. The van der Waals surface area contributed by atoms with Gasteiger partial charge in [-0.15, -0.1) is 11.6 Å². The van der Waals surface area contributed by atoms with Gasteiger partial charge in [0.15, 0.2) is 0 Å². The molecule has 1 unspecified atom stereocenters. The van der Waals surface area contributed by atoms with Gasteiger partial charge in [-0.05, 0) is 25.5 Å². The van der Waals surface area contributed by atoms with Gasteiger partial charge in [-0.25, -0.2) is 0 Å². The third kappa shape index (κ3) is 3.51. The minimum Gasteiger partial charge on any atom is -0.350 e. The molecule has 0 saturated carbocycles. The molecule has 1 amide bonds. The Morgan fingerprint density at radius 3 is 3.00 bits per heavy atom. The van der Waals surface area contributed by atoms with E-state index in [1.807, 2.05) is 13.8 Å². The van der Waals surface area contributed by atoms with Crippen LogP contribution in [0.15, 0.2) is 18.3 Å². The molecule has 15 heavy (non-hydrogen) atoms. The van der Waals surface area contributed by atoms with Crippen molar-refractivity contribution in [1.82, 2.24) is 10.3 Å². The van der Waals surface area contributed by atoms with Crippen molar-refractivity contribution in [2.24, 2.45) is 0 Å². The first-order valence-corrected chi connectivity index (χ1v) is 5.42. The van der Waals surface area contributed by atoms with Gasteiger partial charge in [-0.2, -0.15) is 0 Å². The lowest BCUT2D eigenvalue weighted by atomic mass is 10.2. The molecule has 4 heteroatoms. The summed E-state index contributed by atoms with van der Waals surface area (Å²) >= 11 is 5.91. The summed E-state index contributed by atoms with van der Waals surface area (Å²) in [6, 6.07) is 3.51. The fourth-order valence-corrected chi connectivity index (χ4v) is 1.24. The molecule has 0 radical (unpaired) electrons. The van der Waals surface area contributed by atoms with Crippen LogP contribution in [-0.2, 0) is 0 Å². The van der Waals surface area contributed by atoms with Crippen molar-refractivity contribution in [3.05, 3.63) is 29.6 Å². The van der Waals surface area contributed by atoms with E-state index in [9.17, 15) is 4.79 Å². The lowest BCUT2D eigenvalue weighted by Crippen LogP contribution is -2.30. The third-order valence-corrected chi connectivity index (χ3v) is 2.64. The Morgan fingerprint density at radius 1 is 1.67 bits per heavy atom. The van der Waals surface area contributed by atoms with Crippen molar-refractivity contribution in [2.75, 3.05) is 6.54 Å². The number of carbonyl (C=O) groups is 1. The summed E-state index contributed by atoms with van der Waals surface area (Å²) in [5, 5.41) is 2.77. The summed E-state index contributed by atoms with van der Waals surface area (Å²) in [6.07, 6.45) is 2.51. The molecule has 1 heterocycles. The average Bonchev–Trinajstić information content (AvgIpc) is 2.26. The Morgan fingerprint density at radius 2 is 2.40 bits per heavy atom. The van der Waals surface area contributed by atoms with E-state index in [0.29, 0.717) is 12.1 Å². The first kappa shape index (κ1) is 12.0. The van der Waals surface area contributed by atoms with E-state index in [1.165, 1.54) is 0 Å². The Hall–Kier alpha value is -1.09. The molecule has 0 aliphatic heterocycles. The Balaban J connectivity index is 2.58. The zero-order valence-corrected chi connectivity index (χ0v) is 9.71. The van der Waals surface area contributed by atoms with Crippen LogP contribution in [0.2, 0.25) is 0 Å². The monoisotopic (exact) mass is 226 g/mol. The highest BCUT2D eigenvalue weighted by Gasteiger charge is 2.10. The largest absolute Gasteiger partial charge is 0.350 e. The van der Waals surface area contributed by atoms with Gasteiger partial charge >= 0.3 is 0 Å². The highest BCUT2D eigenvalue weighted by Crippen LogP contribution is 2.04. The van der Waals surface area contributed by atoms with E-state index in [0.717, 1.165) is 12.1 Å². The van der Waals surface area contributed by atoms with E-state index in [2.05, 4.69) is 10.3 Å². The van der Waals surface area contributed by atoms with Gasteiger partial charge in [-0.1, -0.05) is 6.92 Å². The van der Waals surface area contributed by atoms with E-state index in [4.69, 9.17) is 11.6 Å². The molecule has 0 spiro atoms. The fraction of sp³-hybridized carbons (Fsp3) is 0.455. The van der Waals surface area contributed by atoms with Crippen molar-refractivity contribution in [3.8, 4) is 0 Å². The number of hydrogen-bond acceptors (Lipinski definition) is 2. The quantitative estimate of drug-likeness (QED) is 0.800. The standard InChI is InChI=1S/C11H15ClN2O/c1-3-9(12)7-14-11(15)10-5-4-6-13-8(10)2/h4-6,9H,3,7H2,1-2H3,(H,14,15). The van der Waals surface area contributed by atoms with Crippen molar-refractivity contribution < 1.29 is 4.79 Å². The molecule has 0 fully saturated rings. The molecule has 1 rings (SSSR count). The summed E-state index contributed by atoms with van der Waals surface area (Å²) in [6.45, 7) is 4.29. The predicted octanol–water partition coefficient (Wildman–Crippen LogP) is 2.14. The van der Waals surface area contributed by atoms with Crippen molar-refractivity contribution in [2.45, 2.75) is 25.6 Å². The van der Waals surface area contributed by atoms with E-state index in [-0.39, 0.29) is 11.3 Å². The molecular weight excluding hydrogens is 212 g/mol. The maximum atomic E-state index is 11.7. The number of aryl methyl sites for hydroxylation is 1. The number of carbonyl (C=O) groups excluding carboxylic acids is 1. The summed E-state index contributed by atoms with van der Waals surface area (Å²) in [7, 11) is 0. The summed E-state index contributed by atoms with van der Waals surface area (Å²) < 4.78 is 0. The van der Waals surface area contributed by atoms with Crippen LogP contribution in [0.1, 0.15) is 29.4 Å². The predicted molar refractivity (Wildman–Crippen MR) is 61.2 cm³/mol. The van der Waals surface area contributed by atoms with Crippen LogP contribution >= 0.6 is 11.6 Å². The van der Waals surface area contributed by atoms with Crippen LogP contribution in [0.5, 0.6) is 0 Å². The zero-order valence-electron chi connectivity index (χ0n) is 8.96. The van der Waals surface area contributed by atoms with E-state index < -0.39 is 0 Å². The minimum absolute atomic E-state index is 0.00840. The molecule has 1 aromatic heterocycles. The van der Waals surface area contributed by atoms with E-state index in [1.54, 1.807) is 18.3 Å². The third-order valence-electron chi connectivity index (χ3n) is 2.18. The van der Waals surface area contributed by atoms with Gasteiger partial charge in [0.2, 0.25) is 0 Å². The maximum absolute atomic E-state index is 11.7. The zero-order chi connectivity index (χ0) is 11.3. The SMILES string of the molecule is CCC(Cl)CNC(=O)c1cccnc1C. The Bertz CT molecular complexity index is 341. The smallest absolute Gasteiger partial charge is 0.253 e. The lowest BCUT2D eigenvalue weighted by molar-refractivity contribution is 0.0952. The number of nitrogens with zero attached hydrogens (tertiary/aromatic N) is 1. The number of halogens is 1. The van der Waals surface area contributed by atoms with Crippen LogP contribution in [-0.4, -0.2) is 22.8 Å². The molecule has 0 saturated heterocycles. The second kappa shape index (κ2) is 5.71. The highest BCUT2D eigenvalue weighted by molar-refractivity contribution is 6.20. The van der Waals surface area contributed by atoms with Crippen LogP contribution in [0.25, 0.3) is 0 Å². The molecule has 0 aliphatic carbocycles. The normalized spacial score (nSPS) is 12.2. The van der Waals surface area contributed by atoms with Crippen LogP contribution in [0.4, 0.5) is 0 Å². The second-order valence-corrected chi connectivity index (χ2v) is 3.97. The lowest BCUT2D eigenvalue weighted by Gasteiger charge is -2.09. The second-order valence-electron chi connectivity index (χ2n) is 3.35. The summed E-state index contributed by atoms with van der Waals surface area (Å²) in [5.41, 5.74) is 1.34. The number of rotatable bonds is 4. The average molecular weight is 227 g/mol. The van der Waals surface area contributed by atoms with Gasteiger partial charge in [0, 0.05) is 18.4 Å². The number of nitrogens with one attached hydrogen (secondary N) is 1. The van der Waals surface area contributed by atoms with E-state index >= 15 is 0 Å². The van der Waals surface area contributed by atoms with Crippen molar-refractivity contribution >= 4 is 17.5 Å². The number of amides is 1. The summed E-state index contributed by atoms with van der Waals surface area (Å²) in [5.74, 6) is -0.111. The van der Waals surface area contributed by atoms with Gasteiger partial charge in [0.25, 0.3) is 5.91 Å².